The lowest BCUT2D eigenvalue weighted by atomic mass is 9.84. The van der Waals surface area contributed by atoms with Gasteiger partial charge in [-0.15, -0.1) is 0 Å². The molecular formula is C12H15N3O3S. The predicted octanol–water partition coefficient (Wildman–Crippen LogP) is 1.40. The molecule has 1 aromatic heterocycles. The standard InChI is InChI=1S/C12H15N3O3S/c16-11(8-6-13-19-14-8)15-9-4-2-1-3-7(9)5-10(15)12(17)18/h6-7,9-10H,1-5H2,(H,17,18). The second kappa shape index (κ2) is 4.88. The topological polar surface area (TPSA) is 83.4 Å². The van der Waals surface area contributed by atoms with E-state index in [1.54, 1.807) is 4.90 Å². The minimum absolute atomic E-state index is 0.0593. The molecule has 19 heavy (non-hydrogen) atoms. The molecule has 2 fully saturated rings. The van der Waals surface area contributed by atoms with Gasteiger partial charge < -0.3 is 10.0 Å². The zero-order valence-electron chi connectivity index (χ0n) is 10.4. The summed E-state index contributed by atoms with van der Waals surface area (Å²) >= 11 is 0.971. The van der Waals surface area contributed by atoms with Crippen molar-refractivity contribution in [2.24, 2.45) is 5.92 Å². The third kappa shape index (κ3) is 2.11. The number of fused-ring (bicyclic) bond motifs is 1. The highest BCUT2D eigenvalue weighted by Gasteiger charge is 2.48. The van der Waals surface area contributed by atoms with Gasteiger partial charge in [0, 0.05) is 6.04 Å². The Hall–Kier alpha value is -1.50. The number of nitrogens with zero attached hydrogens (tertiary/aromatic N) is 3. The fourth-order valence-electron chi connectivity index (χ4n) is 3.36. The molecule has 3 atom stereocenters. The van der Waals surface area contributed by atoms with E-state index in [-0.39, 0.29) is 17.6 Å². The number of hydrogen-bond acceptors (Lipinski definition) is 5. The number of amides is 1. The van der Waals surface area contributed by atoms with Crippen LogP contribution in [0.3, 0.4) is 0 Å². The number of aromatic nitrogens is 2. The van der Waals surface area contributed by atoms with Crippen molar-refractivity contribution in [1.29, 1.82) is 0 Å². The SMILES string of the molecule is O=C(O)C1CC2CCCCC2N1C(=O)c1cnsn1. The van der Waals surface area contributed by atoms with Crippen LogP contribution >= 0.6 is 11.7 Å². The first-order valence-electron chi connectivity index (χ1n) is 6.51. The lowest BCUT2D eigenvalue weighted by Gasteiger charge is -2.32. The lowest BCUT2D eigenvalue weighted by molar-refractivity contribution is -0.141. The van der Waals surface area contributed by atoms with Gasteiger partial charge in [0.2, 0.25) is 0 Å². The van der Waals surface area contributed by atoms with Gasteiger partial charge in [0.1, 0.15) is 6.04 Å². The molecule has 7 heteroatoms. The van der Waals surface area contributed by atoms with Crippen molar-refractivity contribution in [3.8, 4) is 0 Å². The Morgan fingerprint density at radius 3 is 2.84 bits per heavy atom. The quantitative estimate of drug-likeness (QED) is 0.885. The van der Waals surface area contributed by atoms with Crippen molar-refractivity contribution in [3.05, 3.63) is 11.9 Å². The first-order valence-corrected chi connectivity index (χ1v) is 7.24. The van der Waals surface area contributed by atoms with Crippen molar-refractivity contribution < 1.29 is 14.7 Å². The van der Waals surface area contributed by atoms with Crippen LogP contribution in [0.5, 0.6) is 0 Å². The second-order valence-corrected chi connectivity index (χ2v) is 5.76. The Balaban J connectivity index is 1.90. The summed E-state index contributed by atoms with van der Waals surface area (Å²) < 4.78 is 7.76. The fourth-order valence-corrected chi connectivity index (χ4v) is 3.77. The van der Waals surface area contributed by atoms with E-state index in [9.17, 15) is 14.7 Å². The molecule has 1 saturated heterocycles. The maximum absolute atomic E-state index is 12.4. The van der Waals surface area contributed by atoms with Gasteiger partial charge in [0.15, 0.2) is 5.69 Å². The van der Waals surface area contributed by atoms with Crippen LogP contribution in [0.1, 0.15) is 42.6 Å². The third-order valence-corrected chi connectivity index (χ3v) is 4.67. The Labute approximate surface area is 114 Å². The summed E-state index contributed by atoms with van der Waals surface area (Å²) in [6.07, 6.45) is 6.11. The van der Waals surface area contributed by atoms with Gasteiger partial charge in [-0.3, -0.25) is 4.79 Å². The Bertz CT molecular complexity index is 490. The molecular weight excluding hydrogens is 266 g/mol. The minimum Gasteiger partial charge on any atom is -0.480 e. The van der Waals surface area contributed by atoms with E-state index in [0.29, 0.717) is 12.3 Å². The summed E-state index contributed by atoms with van der Waals surface area (Å²) in [5.41, 5.74) is 0.266. The second-order valence-electron chi connectivity index (χ2n) is 5.21. The monoisotopic (exact) mass is 281 g/mol. The van der Waals surface area contributed by atoms with Gasteiger partial charge in [-0.25, -0.2) is 4.79 Å². The summed E-state index contributed by atoms with van der Waals surface area (Å²) in [5.74, 6) is -0.869. The molecule has 2 aliphatic rings. The van der Waals surface area contributed by atoms with Gasteiger partial charge in [0.25, 0.3) is 5.91 Å². The number of carboxylic acid groups (broad SMARTS) is 1. The summed E-state index contributed by atoms with van der Waals surface area (Å²) in [7, 11) is 0. The van der Waals surface area contributed by atoms with E-state index in [0.717, 1.165) is 37.4 Å². The van der Waals surface area contributed by atoms with E-state index in [4.69, 9.17) is 0 Å². The van der Waals surface area contributed by atoms with Crippen LogP contribution in [0.2, 0.25) is 0 Å². The summed E-state index contributed by atoms with van der Waals surface area (Å²) in [6.45, 7) is 0. The van der Waals surface area contributed by atoms with Crippen molar-refractivity contribution in [2.75, 3.05) is 0 Å². The van der Waals surface area contributed by atoms with Crippen LogP contribution in [-0.4, -0.2) is 42.7 Å². The van der Waals surface area contributed by atoms with Gasteiger partial charge >= 0.3 is 5.97 Å². The third-order valence-electron chi connectivity index (χ3n) is 4.19. The molecule has 3 rings (SSSR count). The molecule has 3 unspecified atom stereocenters. The van der Waals surface area contributed by atoms with E-state index in [2.05, 4.69) is 8.75 Å². The van der Waals surface area contributed by atoms with Crippen molar-refractivity contribution in [1.82, 2.24) is 13.6 Å². The smallest absolute Gasteiger partial charge is 0.326 e. The highest BCUT2D eigenvalue weighted by molar-refractivity contribution is 6.99. The lowest BCUT2D eigenvalue weighted by Crippen LogP contribution is -2.46. The highest BCUT2D eigenvalue weighted by atomic mass is 32.1. The number of hydrogen-bond donors (Lipinski definition) is 1. The molecule has 1 aliphatic heterocycles. The van der Waals surface area contributed by atoms with Crippen LogP contribution in [0.25, 0.3) is 0 Å². The average Bonchev–Trinajstić information content (AvgIpc) is 3.05. The van der Waals surface area contributed by atoms with E-state index in [1.165, 1.54) is 6.20 Å². The van der Waals surface area contributed by atoms with Crippen LogP contribution in [-0.2, 0) is 4.79 Å². The molecule has 0 aromatic carbocycles. The Morgan fingerprint density at radius 1 is 1.37 bits per heavy atom. The summed E-state index contributed by atoms with van der Waals surface area (Å²) in [4.78, 5) is 25.4. The van der Waals surface area contributed by atoms with Gasteiger partial charge in [-0.05, 0) is 25.2 Å². The Morgan fingerprint density at radius 2 is 2.16 bits per heavy atom. The highest BCUT2D eigenvalue weighted by Crippen LogP contribution is 2.40. The van der Waals surface area contributed by atoms with Crippen LogP contribution in [0.4, 0.5) is 0 Å². The van der Waals surface area contributed by atoms with Crippen LogP contribution in [0, 0.1) is 5.92 Å². The first kappa shape index (κ1) is 12.5. The Kier molecular flexibility index (Phi) is 3.22. The van der Waals surface area contributed by atoms with Crippen molar-refractivity contribution >= 4 is 23.6 Å². The molecule has 2 heterocycles. The molecule has 6 nitrogen and oxygen atoms in total. The number of aliphatic carboxylic acids is 1. The maximum atomic E-state index is 12.4. The largest absolute Gasteiger partial charge is 0.480 e. The minimum atomic E-state index is -0.911. The van der Waals surface area contributed by atoms with Crippen molar-refractivity contribution in [2.45, 2.75) is 44.2 Å². The van der Waals surface area contributed by atoms with E-state index >= 15 is 0 Å². The normalized spacial score (nSPS) is 30.1. The number of likely N-dealkylation sites (tertiary alicyclic amines) is 1. The van der Waals surface area contributed by atoms with E-state index in [1.807, 2.05) is 0 Å². The molecule has 0 radical (unpaired) electrons. The number of carboxylic acids is 1. The number of carbonyl (C=O) groups is 2. The molecule has 1 aliphatic carbocycles. The van der Waals surface area contributed by atoms with Gasteiger partial charge in [-0.1, -0.05) is 12.8 Å². The molecule has 0 bridgehead atoms. The molecule has 1 amide bonds. The van der Waals surface area contributed by atoms with Crippen molar-refractivity contribution in [3.63, 3.8) is 0 Å². The average molecular weight is 281 g/mol. The summed E-state index contributed by atoms with van der Waals surface area (Å²) in [5, 5.41) is 9.35. The molecule has 0 spiro atoms. The van der Waals surface area contributed by atoms with Crippen LogP contribution < -0.4 is 0 Å². The van der Waals surface area contributed by atoms with Gasteiger partial charge in [0.05, 0.1) is 17.9 Å². The molecule has 1 aromatic rings. The molecule has 102 valence electrons. The molecule has 1 N–H and O–H groups in total. The van der Waals surface area contributed by atoms with Crippen LogP contribution in [0.15, 0.2) is 6.20 Å². The van der Waals surface area contributed by atoms with Gasteiger partial charge in [-0.2, -0.15) is 8.75 Å². The first-order chi connectivity index (χ1) is 9.18. The number of carbonyl (C=O) groups excluding carboxylic acids is 1. The maximum Gasteiger partial charge on any atom is 0.326 e. The zero-order valence-corrected chi connectivity index (χ0v) is 11.2. The fraction of sp³-hybridized carbons (Fsp3) is 0.667. The van der Waals surface area contributed by atoms with E-state index < -0.39 is 12.0 Å². The summed E-state index contributed by atoms with van der Waals surface area (Å²) in [6, 6.07) is -0.647. The molecule has 1 saturated carbocycles. The number of rotatable bonds is 2. The predicted molar refractivity (Wildman–Crippen MR) is 67.9 cm³/mol. The zero-order chi connectivity index (χ0) is 13.4.